The third-order valence-electron chi connectivity index (χ3n) is 3.80. The van der Waals surface area contributed by atoms with E-state index < -0.39 is 11.6 Å². The molecule has 4 aromatic rings. The molecular weight excluding hydrogens is 336 g/mol. The van der Waals surface area contributed by atoms with Gasteiger partial charge < -0.3 is 4.74 Å². The predicted molar refractivity (Wildman–Crippen MR) is 99.5 cm³/mol. The molecule has 0 atom stereocenters. The van der Waals surface area contributed by atoms with Crippen LogP contribution in [0.5, 0.6) is 0 Å². The summed E-state index contributed by atoms with van der Waals surface area (Å²) in [5, 5.41) is 0.407. The van der Waals surface area contributed by atoms with Gasteiger partial charge in [0.05, 0.1) is 15.6 Å². The number of hydrogen-bond donors (Lipinski definition) is 0. The lowest BCUT2D eigenvalue weighted by Gasteiger charge is -2.19. The SMILES string of the molecule is CC(C)(C)OC(=O)c1c(=O)c2cccnc2n2c1sc1ccccc12. The van der Waals surface area contributed by atoms with Gasteiger partial charge in [0.1, 0.15) is 21.6 Å². The standard InChI is InChI=1S/C19H16N2O3S/c1-19(2,3)24-18(23)14-15(22)11-7-6-10-20-16(11)21-12-8-4-5-9-13(12)25-17(14)21/h4-10H,1-3H3. The van der Waals surface area contributed by atoms with E-state index in [2.05, 4.69) is 4.98 Å². The van der Waals surface area contributed by atoms with E-state index in [0.717, 1.165) is 10.2 Å². The van der Waals surface area contributed by atoms with Crippen LogP contribution in [0.25, 0.3) is 26.1 Å². The average Bonchev–Trinajstić information content (AvgIpc) is 2.92. The Morgan fingerprint density at radius 2 is 1.92 bits per heavy atom. The molecule has 25 heavy (non-hydrogen) atoms. The third kappa shape index (κ3) is 2.49. The maximum Gasteiger partial charge on any atom is 0.345 e. The molecule has 3 aromatic heterocycles. The molecule has 4 rings (SSSR count). The summed E-state index contributed by atoms with van der Waals surface area (Å²) in [5.41, 5.74) is 0.505. The summed E-state index contributed by atoms with van der Waals surface area (Å²) in [5.74, 6) is -0.604. The van der Waals surface area contributed by atoms with E-state index in [-0.39, 0.29) is 11.0 Å². The first-order valence-electron chi connectivity index (χ1n) is 7.91. The highest BCUT2D eigenvalue weighted by Crippen LogP contribution is 2.31. The molecule has 0 spiro atoms. The van der Waals surface area contributed by atoms with E-state index in [1.807, 2.05) is 28.7 Å². The molecule has 0 aliphatic heterocycles. The van der Waals surface area contributed by atoms with Crippen LogP contribution in [0.15, 0.2) is 47.4 Å². The smallest absolute Gasteiger partial charge is 0.345 e. The van der Waals surface area contributed by atoms with E-state index in [1.54, 1.807) is 39.1 Å². The van der Waals surface area contributed by atoms with Crippen molar-refractivity contribution >= 4 is 43.4 Å². The number of carbonyl (C=O) groups is 1. The van der Waals surface area contributed by atoms with E-state index in [4.69, 9.17) is 4.74 Å². The Labute approximate surface area is 147 Å². The molecule has 6 heteroatoms. The zero-order chi connectivity index (χ0) is 17.8. The number of ether oxygens (including phenoxy) is 1. The number of esters is 1. The molecule has 0 N–H and O–H groups in total. The highest BCUT2D eigenvalue weighted by atomic mass is 32.1. The minimum atomic E-state index is -0.679. The molecule has 126 valence electrons. The number of carbonyl (C=O) groups excluding carboxylic acids is 1. The van der Waals surface area contributed by atoms with Crippen LogP contribution < -0.4 is 5.43 Å². The Bertz CT molecular complexity index is 1200. The van der Waals surface area contributed by atoms with Gasteiger partial charge in [-0.3, -0.25) is 9.20 Å². The van der Waals surface area contributed by atoms with Crippen molar-refractivity contribution < 1.29 is 9.53 Å². The van der Waals surface area contributed by atoms with Gasteiger partial charge in [-0.05, 0) is 45.0 Å². The molecular formula is C19H16N2O3S. The molecule has 0 saturated carbocycles. The number of nitrogens with zero attached hydrogens (tertiary/aromatic N) is 2. The van der Waals surface area contributed by atoms with Gasteiger partial charge in [-0.25, -0.2) is 9.78 Å². The highest BCUT2D eigenvalue weighted by Gasteiger charge is 2.26. The van der Waals surface area contributed by atoms with Gasteiger partial charge in [-0.15, -0.1) is 11.3 Å². The number of benzene rings is 1. The Morgan fingerprint density at radius 3 is 2.68 bits per heavy atom. The number of fused-ring (bicyclic) bond motifs is 5. The minimum absolute atomic E-state index is 0.0663. The number of rotatable bonds is 1. The zero-order valence-corrected chi connectivity index (χ0v) is 14.9. The van der Waals surface area contributed by atoms with E-state index in [9.17, 15) is 9.59 Å². The Balaban J connectivity index is 2.19. The second-order valence-corrected chi connectivity index (χ2v) is 7.82. The van der Waals surface area contributed by atoms with Crippen LogP contribution in [-0.2, 0) is 4.74 Å². The first-order valence-corrected chi connectivity index (χ1v) is 8.73. The number of hydrogen-bond acceptors (Lipinski definition) is 5. The van der Waals surface area contributed by atoms with E-state index in [1.165, 1.54) is 11.3 Å². The van der Waals surface area contributed by atoms with Gasteiger partial charge in [0.2, 0.25) is 5.43 Å². The molecule has 0 fully saturated rings. The first kappa shape index (κ1) is 15.8. The van der Waals surface area contributed by atoms with Gasteiger partial charge >= 0.3 is 5.97 Å². The van der Waals surface area contributed by atoms with Crippen LogP contribution in [0.3, 0.4) is 0 Å². The normalized spacial score (nSPS) is 12.1. The maximum absolute atomic E-state index is 13.0. The maximum atomic E-state index is 13.0. The molecule has 0 amide bonds. The fraction of sp³-hybridized carbons (Fsp3) is 0.211. The highest BCUT2D eigenvalue weighted by molar-refractivity contribution is 7.24. The summed E-state index contributed by atoms with van der Waals surface area (Å²) < 4.78 is 8.34. The summed E-state index contributed by atoms with van der Waals surface area (Å²) in [6, 6.07) is 11.2. The number of para-hydroxylation sites is 1. The van der Waals surface area contributed by atoms with Crippen molar-refractivity contribution in [3.63, 3.8) is 0 Å². The largest absolute Gasteiger partial charge is 0.456 e. The Hall–Kier alpha value is -2.73. The Morgan fingerprint density at radius 1 is 1.16 bits per heavy atom. The summed E-state index contributed by atoms with van der Waals surface area (Å²) in [7, 11) is 0. The monoisotopic (exact) mass is 352 g/mol. The summed E-state index contributed by atoms with van der Waals surface area (Å²) in [6.45, 7) is 5.35. The topological polar surface area (TPSA) is 60.7 Å². The first-order chi connectivity index (χ1) is 11.9. The molecule has 0 aliphatic carbocycles. The van der Waals surface area contributed by atoms with Crippen LogP contribution in [0.2, 0.25) is 0 Å². The summed E-state index contributed by atoms with van der Waals surface area (Å²) in [6.07, 6.45) is 1.65. The molecule has 1 aromatic carbocycles. The van der Waals surface area contributed by atoms with Crippen molar-refractivity contribution in [1.29, 1.82) is 0 Å². The van der Waals surface area contributed by atoms with Gasteiger partial charge in [-0.1, -0.05) is 12.1 Å². The van der Waals surface area contributed by atoms with Crippen molar-refractivity contribution in [2.24, 2.45) is 0 Å². The van der Waals surface area contributed by atoms with Crippen molar-refractivity contribution in [3.8, 4) is 0 Å². The van der Waals surface area contributed by atoms with Crippen molar-refractivity contribution in [2.45, 2.75) is 26.4 Å². The molecule has 3 heterocycles. The lowest BCUT2D eigenvalue weighted by Crippen LogP contribution is -2.28. The van der Waals surface area contributed by atoms with Crippen LogP contribution in [0.1, 0.15) is 31.1 Å². The fourth-order valence-electron chi connectivity index (χ4n) is 2.85. The molecule has 0 radical (unpaired) electrons. The predicted octanol–water partition coefficient (Wildman–Crippen LogP) is 4.02. The zero-order valence-electron chi connectivity index (χ0n) is 14.1. The molecule has 0 bridgehead atoms. The van der Waals surface area contributed by atoms with Crippen LogP contribution >= 0.6 is 11.3 Å². The number of thiazole rings is 1. The molecule has 0 aliphatic rings. The quantitative estimate of drug-likeness (QED) is 0.486. The third-order valence-corrected chi connectivity index (χ3v) is 4.95. The van der Waals surface area contributed by atoms with E-state index >= 15 is 0 Å². The average molecular weight is 352 g/mol. The van der Waals surface area contributed by atoms with Crippen molar-refractivity contribution in [2.75, 3.05) is 0 Å². The second kappa shape index (κ2) is 5.39. The van der Waals surface area contributed by atoms with Crippen LogP contribution in [0.4, 0.5) is 0 Å². The van der Waals surface area contributed by atoms with E-state index in [0.29, 0.717) is 15.9 Å². The lowest BCUT2D eigenvalue weighted by atomic mass is 10.1. The lowest BCUT2D eigenvalue weighted by molar-refractivity contribution is 0.00705. The number of pyridine rings is 2. The van der Waals surface area contributed by atoms with Crippen LogP contribution in [0, 0.1) is 0 Å². The van der Waals surface area contributed by atoms with Gasteiger partial charge in [0.15, 0.2) is 0 Å². The minimum Gasteiger partial charge on any atom is -0.456 e. The van der Waals surface area contributed by atoms with Gasteiger partial charge in [-0.2, -0.15) is 0 Å². The van der Waals surface area contributed by atoms with Crippen molar-refractivity contribution in [3.05, 3.63) is 58.4 Å². The van der Waals surface area contributed by atoms with Crippen LogP contribution in [-0.4, -0.2) is 21.0 Å². The molecule has 5 nitrogen and oxygen atoms in total. The van der Waals surface area contributed by atoms with Gasteiger partial charge in [0.25, 0.3) is 0 Å². The summed E-state index contributed by atoms with van der Waals surface area (Å²) in [4.78, 5) is 30.7. The fourth-order valence-corrected chi connectivity index (χ4v) is 4.03. The van der Waals surface area contributed by atoms with Gasteiger partial charge in [0, 0.05) is 6.20 Å². The second-order valence-electron chi connectivity index (χ2n) is 6.79. The Kier molecular flexibility index (Phi) is 3.40. The molecule has 0 saturated heterocycles. The molecule has 0 unspecified atom stereocenters. The number of aromatic nitrogens is 2. The van der Waals surface area contributed by atoms with Crippen molar-refractivity contribution in [1.82, 2.24) is 9.38 Å². The summed E-state index contributed by atoms with van der Waals surface area (Å²) >= 11 is 1.39.